The molecule has 2 aromatic rings. The average Bonchev–Trinajstić information content (AvgIpc) is 2.71. The highest BCUT2D eigenvalue weighted by Crippen LogP contribution is 2.30. The Bertz CT molecular complexity index is 759. The van der Waals surface area contributed by atoms with Gasteiger partial charge in [-0.25, -0.2) is 0 Å². The molecule has 0 aliphatic carbocycles. The molecule has 0 aromatic heterocycles. The van der Waals surface area contributed by atoms with E-state index in [1.54, 1.807) is 0 Å². The molecule has 1 saturated heterocycles. The second-order valence-electron chi connectivity index (χ2n) is 6.83. The predicted octanol–water partition coefficient (Wildman–Crippen LogP) is 1.83. The van der Waals surface area contributed by atoms with E-state index in [2.05, 4.69) is 34.5 Å². The molecule has 3 rings (SSSR count). The zero-order valence-electron chi connectivity index (χ0n) is 16.7. The van der Waals surface area contributed by atoms with Gasteiger partial charge in [0.05, 0.1) is 39.4 Å². The molecule has 1 fully saturated rings. The molecule has 0 saturated carbocycles. The highest BCUT2D eigenvalue weighted by Gasteiger charge is 2.22. The number of para-hydroxylation sites is 1. The van der Waals surface area contributed by atoms with Crippen LogP contribution in [0.25, 0.3) is 0 Å². The molecule has 1 aliphatic rings. The van der Waals surface area contributed by atoms with Crippen molar-refractivity contribution in [1.29, 1.82) is 0 Å². The lowest BCUT2D eigenvalue weighted by Crippen LogP contribution is -3.15. The third-order valence-corrected chi connectivity index (χ3v) is 4.83. The van der Waals surface area contributed by atoms with Crippen LogP contribution >= 0.6 is 0 Å². The smallest absolute Gasteiger partial charge is 0.279 e. The number of hydrogen-bond donors (Lipinski definition) is 2. The number of piperazine rings is 1. The highest BCUT2D eigenvalue weighted by molar-refractivity contribution is 5.91. The number of ether oxygens (including phenoxy) is 2. The van der Waals surface area contributed by atoms with Gasteiger partial charge in [0.15, 0.2) is 18.0 Å². The Balaban J connectivity index is 1.51. The maximum atomic E-state index is 12.5. The molecule has 1 amide bonds. The lowest BCUT2D eigenvalue weighted by Gasteiger charge is -2.33. The predicted molar refractivity (Wildman–Crippen MR) is 112 cm³/mol. The minimum Gasteiger partial charge on any atom is -0.490 e. The molecular weight excluding hydrogens is 354 g/mol. The van der Waals surface area contributed by atoms with Crippen LogP contribution in [0.1, 0.15) is 13.8 Å². The van der Waals surface area contributed by atoms with Gasteiger partial charge in [-0.15, -0.1) is 0 Å². The molecule has 150 valence electrons. The van der Waals surface area contributed by atoms with Crippen LogP contribution in [0, 0.1) is 0 Å². The Morgan fingerprint density at radius 1 is 1.00 bits per heavy atom. The molecule has 6 heteroatoms. The largest absolute Gasteiger partial charge is 0.490 e. The van der Waals surface area contributed by atoms with Crippen LogP contribution in [0.2, 0.25) is 0 Å². The maximum Gasteiger partial charge on any atom is 0.279 e. The van der Waals surface area contributed by atoms with Crippen LogP contribution in [-0.4, -0.2) is 51.8 Å². The molecule has 2 N–H and O–H groups in total. The summed E-state index contributed by atoms with van der Waals surface area (Å²) in [5, 5.41) is 2.99. The summed E-state index contributed by atoms with van der Waals surface area (Å²) in [5.41, 5.74) is 1.99. The van der Waals surface area contributed by atoms with Crippen molar-refractivity contribution in [3.05, 3.63) is 48.5 Å². The third-order valence-electron chi connectivity index (χ3n) is 4.83. The van der Waals surface area contributed by atoms with Crippen LogP contribution < -0.4 is 24.6 Å². The van der Waals surface area contributed by atoms with Gasteiger partial charge in [0.2, 0.25) is 0 Å². The molecule has 1 aliphatic heterocycles. The molecule has 0 atom stereocenters. The number of rotatable bonds is 8. The van der Waals surface area contributed by atoms with Gasteiger partial charge >= 0.3 is 0 Å². The lowest BCUT2D eigenvalue weighted by atomic mass is 10.2. The first-order valence-electron chi connectivity index (χ1n) is 10.0. The van der Waals surface area contributed by atoms with Crippen molar-refractivity contribution >= 4 is 17.3 Å². The molecular formula is C22H30N3O3+. The van der Waals surface area contributed by atoms with E-state index in [1.165, 1.54) is 10.6 Å². The van der Waals surface area contributed by atoms with E-state index in [-0.39, 0.29) is 5.91 Å². The standard InChI is InChI=1S/C22H29N3O3/c1-3-27-20-11-10-18(16-21(20)28-4-2)23-22(26)17-24-12-14-25(15-13-24)19-8-6-5-7-9-19/h5-11,16H,3-4,12-15,17H2,1-2H3,(H,23,26)/p+1. The van der Waals surface area contributed by atoms with Crippen LogP contribution in [0.4, 0.5) is 11.4 Å². The van der Waals surface area contributed by atoms with Crippen molar-refractivity contribution in [3.63, 3.8) is 0 Å². The number of carbonyl (C=O) groups is 1. The van der Waals surface area contributed by atoms with Gasteiger partial charge in [-0.3, -0.25) is 4.79 Å². The minimum atomic E-state index is 0.0229. The van der Waals surface area contributed by atoms with E-state index >= 15 is 0 Å². The number of hydrogen-bond acceptors (Lipinski definition) is 4. The Morgan fingerprint density at radius 3 is 2.36 bits per heavy atom. The Labute approximate surface area is 167 Å². The van der Waals surface area contributed by atoms with Gasteiger partial charge in [0.1, 0.15) is 0 Å². The van der Waals surface area contributed by atoms with E-state index in [0.717, 1.165) is 31.9 Å². The fraction of sp³-hybridized carbons (Fsp3) is 0.409. The maximum absolute atomic E-state index is 12.5. The van der Waals surface area contributed by atoms with Gasteiger partial charge in [0.25, 0.3) is 5.91 Å². The number of quaternary nitrogens is 1. The van der Waals surface area contributed by atoms with Crippen LogP contribution in [0.3, 0.4) is 0 Å². The summed E-state index contributed by atoms with van der Waals surface area (Å²) < 4.78 is 11.2. The van der Waals surface area contributed by atoms with E-state index in [9.17, 15) is 4.79 Å². The Hall–Kier alpha value is -2.73. The van der Waals surface area contributed by atoms with Gasteiger partial charge in [0, 0.05) is 17.4 Å². The fourth-order valence-electron chi connectivity index (χ4n) is 3.46. The van der Waals surface area contributed by atoms with E-state index in [0.29, 0.717) is 31.3 Å². The molecule has 0 bridgehead atoms. The van der Waals surface area contributed by atoms with E-state index < -0.39 is 0 Å². The van der Waals surface area contributed by atoms with E-state index in [1.807, 2.05) is 38.1 Å². The van der Waals surface area contributed by atoms with Crippen LogP contribution in [-0.2, 0) is 4.79 Å². The second-order valence-corrected chi connectivity index (χ2v) is 6.83. The Morgan fingerprint density at radius 2 is 1.68 bits per heavy atom. The molecule has 0 radical (unpaired) electrons. The SMILES string of the molecule is CCOc1ccc(NC(=O)C[NH+]2CCN(c3ccccc3)CC2)cc1OCC. The summed E-state index contributed by atoms with van der Waals surface area (Å²) >= 11 is 0. The lowest BCUT2D eigenvalue weighted by molar-refractivity contribution is -0.892. The van der Waals surface area contributed by atoms with Gasteiger partial charge < -0.3 is 24.6 Å². The fourth-order valence-corrected chi connectivity index (χ4v) is 3.46. The number of nitrogens with zero attached hydrogens (tertiary/aromatic N) is 1. The molecule has 0 unspecified atom stereocenters. The first kappa shape index (κ1) is 20.0. The first-order valence-corrected chi connectivity index (χ1v) is 10.0. The molecule has 0 spiro atoms. The number of amides is 1. The molecule has 6 nitrogen and oxygen atoms in total. The third kappa shape index (κ3) is 5.39. The molecule has 2 aromatic carbocycles. The number of carbonyl (C=O) groups excluding carboxylic acids is 1. The van der Waals surface area contributed by atoms with Crippen molar-refractivity contribution in [2.45, 2.75) is 13.8 Å². The minimum absolute atomic E-state index is 0.0229. The quantitative estimate of drug-likeness (QED) is 0.729. The number of nitrogens with one attached hydrogen (secondary N) is 2. The summed E-state index contributed by atoms with van der Waals surface area (Å²) in [4.78, 5) is 16.2. The van der Waals surface area contributed by atoms with Crippen molar-refractivity contribution in [2.75, 3.05) is 56.2 Å². The van der Waals surface area contributed by atoms with Gasteiger partial charge in [-0.05, 0) is 38.1 Å². The number of benzene rings is 2. The van der Waals surface area contributed by atoms with Crippen LogP contribution in [0.15, 0.2) is 48.5 Å². The summed E-state index contributed by atoms with van der Waals surface area (Å²) in [7, 11) is 0. The van der Waals surface area contributed by atoms with Crippen molar-refractivity contribution < 1.29 is 19.2 Å². The summed E-state index contributed by atoms with van der Waals surface area (Å²) in [5.74, 6) is 1.38. The van der Waals surface area contributed by atoms with Gasteiger partial charge in [-0.1, -0.05) is 18.2 Å². The molecule has 28 heavy (non-hydrogen) atoms. The summed E-state index contributed by atoms with van der Waals surface area (Å²) in [6.45, 7) is 9.29. The zero-order chi connectivity index (χ0) is 19.8. The first-order chi connectivity index (χ1) is 13.7. The van der Waals surface area contributed by atoms with Crippen molar-refractivity contribution in [1.82, 2.24) is 0 Å². The normalized spacial score (nSPS) is 14.6. The zero-order valence-corrected chi connectivity index (χ0v) is 16.7. The van der Waals surface area contributed by atoms with E-state index in [4.69, 9.17) is 9.47 Å². The van der Waals surface area contributed by atoms with Crippen molar-refractivity contribution in [2.24, 2.45) is 0 Å². The molecule has 1 heterocycles. The Kier molecular flexibility index (Phi) is 7.14. The highest BCUT2D eigenvalue weighted by atomic mass is 16.5. The average molecular weight is 385 g/mol. The van der Waals surface area contributed by atoms with Crippen molar-refractivity contribution in [3.8, 4) is 11.5 Å². The summed E-state index contributed by atoms with van der Waals surface area (Å²) in [6, 6.07) is 16.0. The van der Waals surface area contributed by atoms with Crippen LogP contribution in [0.5, 0.6) is 11.5 Å². The second kappa shape index (κ2) is 9.99. The number of anilines is 2. The monoisotopic (exact) mass is 384 g/mol. The topological polar surface area (TPSA) is 55.2 Å². The summed E-state index contributed by atoms with van der Waals surface area (Å²) in [6.07, 6.45) is 0. The van der Waals surface area contributed by atoms with Gasteiger partial charge in [-0.2, -0.15) is 0 Å².